The minimum absolute atomic E-state index is 0.108. The molecule has 0 aliphatic rings. The minimum Gasteiger partial charge on any atom is -0.396 e. The Kier molecular flexibility index (Phi) is 17.5. The molecule has 0 saturated carbocycles. The second-order valence-corrected chi connectivity index (χ2v) is 5.76. The molecule has 0 atom stereocenters. The molecule has 0 aliphatic carbocycles. The summed E-state index contributed by atoms with van der Waals surface area (Å²) in [6.07, 6.45) is 15.1. The van der Waals surface area contributed by atoms with Crippen molar-refractivity contribution in [2.24, 2.45) is 0 Å². The van der Waals surface area contributed by atoms with Crippen molar-refractivity contribution in [2.75, 3.05) is 26.2 Å². The lowest BCUT2D eigenvalue weighted by Crippen LogP contribution is -2.31. The molecule has 0 aromatic heterocycles. The quantitative estimate of drug-likeness (QED) is 0.303. The number of hydrogen-bond donors (Lipinski definition) is 3. The number of hydrogen-bond acceptors (Lipinski definition) is 3. The molecule has 22 heavy (non-hydrogen) atoms. The van der Waals surface area contributed by atoms with E-state index >= 15 is 0 Å². The van der Waals surface area contributed by atoms with Gasteiger partial charge < -0.3 is 15.7 Å². The fraction of sp³-hybridized carbons (Fsp3) is 0.833. The molecule has 0 rings (SSSR count). The van der Waals surface area contributed by atoms with Crippen LogP contribution in [0, 0.1) is 0 Å². The van der Waals surface area contributed by atoms with Crippen molar-refractivity contribution in [3.05, 3.63) is 12.2 Å². The van der Waals surface area contributed by atoms with Crippen LogP contribution in [0.25, 0.3) is 0 Å². The van der Waals surface area contributed by atoms with Crippen LogP contribution in [0.5, 0.6) is 0 Å². The van der Waals surface area contributed by atoms with Gasteiger partial charge in [-0.2, -0.15) is 0 Å². The van der Waals surface area contributed by atoms with Crippen LogP contribution in [-0.2, 0) is 4.79 Å². The van der Waals surface area contributed by atoms with E-state index in [-0.39, 0.29) is 5.91 Å². The average Bonchev–Trinajstić information content (AvgIpc) is 2.52. The Hall–Kier alpha value is -0.870. The number of unbranched alkanes of at least 4 members (excludes halogenated alkanes) is 7. The maximum absolute atomic E-state index is 11.5. The van der Waals surface area contributed by atoms with Crippen molar-refractivity contribution in [1.82, 2.24) is 10.6 Å². The number of amides is 1. The van der Waals surface area contributed by atoms with Gasteiger partial charge in [0, 0.05) is 26.1 Å². The zero-order valence-electron chi connectivity index (χ0n) is 14.4. The Morgan fingerprint density at radius 1 is 0.909 bits per heavy atom. The summed E-state index contributed by atoms with van der Waals surface area (Å²) in [5.41, 5.74) is 0. The van der Waals surface area contributed by atoms with E-state index in [4.69, 9.17) is 5.11 Å². The molecule has 0 radical (unpaired) electrons. The van der Waals surface area contributed by atoms with E-state index < -0.39 is 0 Å². The maximum atomic E-state index is 11.5. The number of nitrogens with one attached hydrogen (secondary N) is 2. The van der Waals surface area contributed by atoms with E-state index in [9.17, 15) is 4.79 Å². The third kappa shape index (κ3) is 17.2. The average molecular weight is 312 g/mol. The normalized spacial score (nSPS) is 11.2. The standard InChI is InChI=1S/C18H36N2O2/c1-2-3-4-10-13-18(22)20-16-15-19-14-11-8-6-5-7-9-12-17-21/h4,10,19,21H,2-3,5-9,11-17H2,1H3,(H,20,22)/b10-4+. The van der Waals surface area contributed by atoms with Crippen LogP contribution in [0.2, 0.25) is 0 Å². The predicted octanol–water partition coefficient (Wildman–Crippen LogP) is 3.16. The molecule has 0 unspecified atom stereocenters. The molecule has 0 aromatic carbocycles. The van der Waals surface area contributed by atoms with Gasteiger partial charge in [0.2, 0.25) is 5.91 Å². The minimum atomic E-state index is 0.108. The van der Waals surface area contributed by atoms with Gasteiger partial charge in [0.15, 0.2) is 0 Å². The lowest BCUT2D eigenvalue weighted by Gasteiger charge is -2.06. The van der Waals surface area contributed by atoms with Gasteiger partial charge in [-0.05, 0) is 25.8 Å². The van der Waals surface area contributed by atoms with Crippen molar-refractivity contribution in [2.45, 2.75) is 71.1 Å². The number of rotatable bonds is 16. The molecule has 1 amide bonds. The fourth-order valence-electron chi connectivity index (χ4n) is 2.21. The summed E-state index contributed by atoms with van der Waals surface area (Å²) in [7, 11) is 0. The van der Waals surface area contributed by atoms with Crippen LogP contribution in [0.15, 0.2) is 12.2 Å². The zero-order chi connectivity index (χ0) is 16.3. The second kappa shape index (κ2) is 18.2. The largest absolute Gasteiger partial charge is 0.396 e. The van der Waals surface area contributed by atoms with Gasteiger partial charge in [0.05, 0.1) is 0 Å². The molecular formula is C18H36N2O2. The summed E-state index contributed by atoms with van der Waals surface area (Å²) >= 11 is 0. The Balaban J connectivity index is 3.15. The summed E-state index contributed by atoms with van der Waals surface area (Å²) < 4.78 is 0. The van der Waals surface area contributed by atoms with E-state index in [2.05, 4.69) is 23.6 Å². The first-order chi connectivity index (χ1) is 10.8. The second-order valence-electron chi connectivity index (χ2n) is 5.76. The highest BCUT2D eigenvalue weighted by Gasteiger charge is 1.96. The van der Waals surface area contributed by atoms with Crippen molar-refractivity contribution in [3.8, 4) is 0 Å². The lowest BCUT2D eigenvalue weighted by molar-refractivity contribution is -0.120. The summed E-state index contributed by atoms with van der Waals surface area (Å²) in [5, 5.41) is 15.0. The molecule has 0 bridgehead atoms. The number of aliphatic hydroxyl groups excluding tert-OH is 1. The molecule has 0 aliphatic heterocycles. The van der Waals surface area contributed by atoms with Crippen LogP contribution in [0.1, 0.15) is 71.1 Å². The fourth-order valence-corrected chi connectivity index (χ4v) is 2.21. The van der Waals surface area contributed by atoms with E-state index in [1.165, 1.54) is 32.1 Å². The highest BCUT2D eigenvalue weighted by atomic mass is 16.2. The molecule has 0 aromatic rings. The zero-order valence-corrected chi connectivity index (χ0v) is 14.4. The third-order valence-electron chi connectivity index (χ3n) is 3.56. The van der Waals surface area contributed by atoms with Crippen molar-refractivity contribution in [3.63, 3.8) is 0 Å². The summed E-state index contributed by atoms with van der Waals surface area (Å²) in [6.45, 7) is 5.05. The first-order valence-electron chi connectivity index (χ1n) is 9.04. The molecule has 0 heterocycles. The van der Waals surface area contributed by atoms with Gasteiger partial charge in [0.25, 0.3) is 0 Å². The SMILES string of the molecule is CCC/C=C/CC(=O)NCCNCCCCCCCCCO. The van der Waals surface area contributed by atoms with E-state index in [0.29, 0.717) is 19.6 Å². The summed E-state index contributed by atoms with van der Waals surface area (Å²) in [6, 6.07) is 0. The van der Waals surface area contributed by atoms with Gasteiger partial charge in [0.1, 0.15) is 0 Å². The van der Waals surface area contributed by atoms with Crippen LogP contribution in [-0.4, -0.2) is 37.3 Å². The first kappa shape index (κ1) is 21.1. The van der Waals surface area contributed by atoms with Crippen LogP contribution in [0.3, 0.4) is 0 Å². The molecule has 3 N–H and O–H groups in total. The van der Waals surface area contributed by atoms with E-state index in [0.717, 1.165) is 38.8 Å². The lowest BCUT2D eigenvalue weighted by atomic mass is 10.1. The monoisotopic (exact) mass is 312 g/mol. The smallest absolute Gasteiger partial charge is 0.223 e. The predicted molar refractivity (Wildman–Crippen MR) is 93.9 cm³/mol. The molecular weight excluding hydrogens is 276 g/mol. The molecule has 4 nitrogen and oxygen atoms in total. The molecule has 4 heteroatoms. The number of allylic oxidation sites excluding steroid dienone is 1. The summed E-state index contributed by atoms with van der Waals surface area (Å²) in [4.78, 5) is 11.5. The Morgan fingerprint density at radius 2 is 1.59 bits per heavy atom. The van der Waals surface area contributed by atoms with E-state index in [1.807, 2.05) is 6.08 Å². The Morgan fingerprint density at radius 3 is 2.27 bits per heavy atom. The summed E-state index contributed by atoms with van der Waals surface area (Å²) in [5.74, 6) is 0.108. The highest BCUT2D eigenvalue weighted by Crippen LogP contribution is 2.06. The first-order valence-corrected chi connectivity index (χ1v) is 9.04. The molecule has 0 saturated heterocycles. The molecule has 130 valence electrons. The van der Waals surface area contributed by atoms with Gasteiger partial charge in [-0.1, -0.05) is 57.6 Å². The van der Waals surface area contributed by atoms with Crippen molar-refractivity contribution < 1.29 is 9.90 Å². The molecule has 0 spiro atoms. The highest BCUT2D eigenvalue weighted by molar-refractivity contribution is 5.77. The van der Waals surface area contributed by atoms with Crippen molar-refractivity contribution >= 4 is 5.91 Å². The maximum Gasteiger partial charge on any atom is 0.223 e. The van der Waals surface area contributed by atoms with Crippen LogP contribution >= 0.6 is 0 Å². The number of carbonyl (C=O) groups is 1. The third-order valence-corrected chi connectivity index (χ3v) is 3.56. The van der Waals surface area contributed by atoms with Gasteiger partial charge in [-0.15, -0.1) is 0 Å². The van der Waals surface area contributed by atoms with Gasteiger partial charge in [-0.3, -0.25) is 4.79 Å². The number of aliphatic hydroxyl groups is 1. The Bertz CT molecular complexity index is 268. The van der Waals surface area contributed by atoms with Crippen molar-refractivity contribution in [1.29, 1.82) is 0 Å². The van der Waals surface area contributed by atoms with Gasteiger partial charge >= 0.3 is 0 Å². The van der Waals surface area contributed by atoms with Gasteiger partial charge in [-0.25, -0.2) is 0 Å². The Labute approximate surface area is 136 Å². The molecule has 0 fully saturated rings. The van der Waals surface area contributed by atoms with Crippen LogP contribution in [0.4, 0.5) is 0 Å². The van der Waals surface area contributed by atoms with Crippen LogP contribution < -0.4 is 10.6 Å². The van der Waals surface area contributed by atoms with E-state index in [1.54, 1.807) is 0 Å². The topological polar surface area (TPSA) is 61.4 Å². The number of carbonyl (C=O) groups excluding carboxylic acids is 1.